The first kappa shape index (κ1) is 22.0. The van der Waals surface area contributed by atoms with E-state index in [9.17, 15) is 14.9 Å². The largest absolute Gasteiger partial charge is 0.484 e. The van der Waals surface area contributed by atoms with Crippen molar-refractivity contribution in [3.63, 3.8) is 0 Å². The molecule has 1 amide bonds. The minimum absolute atomic E-state index is 0.0427. The lowest BCUT2D eigenvalue weighted by Crippen LogP contribution is -2.20. The lowest BCUT2D eigenvalue weighted by molar-refractivity contribution is -0.384. The van der Waals surface area contributed by atoms with E-state index in [1.54, 1.807) is 0 Å². The van der Waals surface area contributed by atoms with E-state index >= 15 is 0 Å². The highest BCUT2D eigenvalue weighted by Crippen LogP contribution is 2.29. The number of carbonyl (C=O) groups is 1. The van der Waals surface area contributed by atoms with Crippen molar-refractivity contribution >= 4 is 28.4 Å². The zero-order chi connectivity index (χ0) is 23.5. The number of rotatable bonds is 7. The Bertz CT molecular complexity index is 1330. The second kappa shape index (κ2) is 9.12. The Morgan fingerprint density at radius 2 is 1.88 bits per heavy atom. The summed E-state index contributed by atoms with van der Waals surface area (Å²) in [6.45, 7) is 5.91. The van der Waals surface area contributed by atoms with E-state index < -0.39 is 4.92 Å². The lowest BCUT2D eigenvalue weighted by atomic mass is 10.0. The molecule has 4 aromatic rings. The molecule has 0 spiro atoms. The van der Waals surface area contributed by atoms with Crippen molar-refractivity contribution in [1.29, 1.82) is 0 Å². The zero-order valence-electron chi connectivity index (χ0n) is 18.5. The van der Waals surface area contributed by atoms with Crippen LogP contribution in [0.3, 0.4) is 0 Å². The van der Waals surface area contributed by atoms with Crippen molar-refractivity contribution < 1.29 is 18.9 Å². The van der Waals surface area contributed by atoms with Crippen LogP contribution in [0.15, 0.2) is 65.1 Å². The molecule has 1 heterocycles. The number of hydrogen-bond acceptors (Lipinski definition) is 6. The monoisotopic (exact) mass is 445 g/mol. The first-order valence-corrected chi connectivity index (χ1v) is 10.5. The van der Waals surface area contributed by atoms with Gasteiger partial charge in [0.05, 0.1) is 4.92 Å². The summed E-state index contributed by atoms with van der Waals surface area (Å²) in [5, 5.41) is 13.6. The molecule has 0 unspecified atom stereocenters. The van der Waals surface area contributed by atoms with Crippen molar-refractivity contribution in [1.82, 2.24) is 4.98 Å². The fourth-order valence-electron chi connectivity index (χ4n) is 3.32. The smallest absolute Gasteiger partial charge is 0.269 e. The number of aromatic nitrogens is 1. The maximum atomic E-state index is 12.4. The van der Waals surface area contributed by atoms with E-state index in [0.29, 0.717) is 28.8 Å². The van der Waals surface area contributed by atoms with Gasteiger partial charge in [-0.25, -0.2) is 4.98 Å². The Morgan fingerprint density at radius 1 is 1.12 bits per heavy atom. The number of amides is 1. The van der Waals surface area contributed by atoms with Gasteiger partial charge in [0.1, 0.15) is 11.3 Å². The van der Waals surface area contributed by atoms with Crippen LogP contribution in [0, 0.1) is 17.0 Å². The van der Waals surface area contributed by atoms with Gasteiger partial charge in [0.25, 0.3) is 11.6 Å². The molecular formula is C25H23N3O5. The van der Waals surface area contributed by atoms with Crippen molar-refractivity contribution in [2.75, 3.05) is 11.9 Å². The van der Waals surface area contributed by atoms with Crippen molar-refractivity contribution in [2.24, 2.45) is 0 Å². The normalized spacial score (nSPS) is 11.0. The third kappa shape index (κ3) is 5.01. The molecule has 1 aromatic heterocycles. The molecule has 1 N–H and O–H groups in total. The third-order valence-corrected chi connectivity index (χ3v) is 5.25. The molecule has 168 valence electrons. The summed E-state index contributed by atoms with van der Waals surface area (Å²) in [4.78, 5) is 27.3. The average molecular weight is 445 g/mol. The Kier molecular flexibility index (Phi) is 6.08. The van der Waals surface area contributed by atoms with Crippen molar-refractivity contribution in [2.45, 2.75) is 26.7 Å². The van der Waals surface area contributed by atoms with Gasteiger partial charge in [-0.3, -0.25) is 14.9 Å². The maximum absolute atomic E-state index is 12.4. The molecule has 0 atom stereocenters. The highest BCUT2D eigenvalue weighted by atomic mass is 16.6. The number of oxazole rings is 1. The Labute approximate surface area is 190 Å². The van der Waals surface area contributed by atoms with Crippen molar-refractivity contribution in [3.05, 3.63) is 81.9 Å². The van der Waals surface area contributed by atoms with Crippen LogP contribution in [0.1, 0.15) is 30.9 Å². The number of ether oxygens (including phenoxy) is 1. The molecule has 0 radical (unpaired) electrons. The molecule has 3 aromatic carbocycles. The van der Waals surface area contributed by atoms with Crippen LogP contribution in [0.4, 0.5) is 11.4 Å². The number of nitro groups is 1. The quantitative estimate of drug-likeness (QED) is 0.282. The number of hydrogen-bond donors (Lipinski definition) is 1. The molecule has 8 nitrogen and oxygen atoms in total. The Balaban J connectivity index is 1.47. The van der Waals surface area contributed by atoms with E-state index in [2.05, 4.69) is 24.1 Å². The van der Waals surface area contributed by atoms with E-state index in [1.807, 2.05) is 43.3 Å². The van der Waals surface area contributed by atoms with Crippen LogP contribution in [0.25, 0.3) is 22.6 Å². The number of benzene rings is 3. The van der Waals surface area contributed by atoms with E-state index in [1.165, 1.54) is 29.8 Å². The summed E-state index contributed by atoms with van der Waals surface area (Å²) in [7, 11) is 0. The zero-order valence-corrected chi connectivity index (χ0v) is 18.5. The van der Waals surface area contributed by atoms with Gasteiger partial charge in [-0.05, 0) is 60.4 Å². The highest BCUT2D eigenvalue weighted by molar-refractivity contribution is 5.93. The first-order chi connectivity index (χ1) is 15.8. The molecule has 4 rings (SSSR count). The Morgan fingerprint density at radius 3 is 2.58 bits per heavy atom. The summed E-state index contributed by atoms with van der Waals surface area (Å²) in [6.07, 6.45) is 0. The number of nitro benzene ring substituents is 1. The molecule has 8 heteroatoms. The number of fused-ring (bicyclic) bond motifs is 1. The highest BCUT2D eigenvalue weighted by Gasteiger charge is 2.13. The van der Waals surface area contributed by atoms with Crippen LogP contribution in [0.2, 0.25) is 0 Å². The SMILES string of the molecule is Cc1ccc(-c2nc3cc(C(C)C)ccc3o2)cc1NC(=O)COc1ccc([N+](=O)[O-])cc1. The van der Waals surface area contributed by atoms with Gasteiger partial charge in [0, 0.05) is 23.4 Å². The lowest BCUT2D eigenvalue weighted by Gasteiger charge is -2.10. The molecule has 0 saturated carbocycles. The second-order valence-electron chi connectivity index (χ2n) is 8.02. The number of nitrogens with zero attached hydrogens (tertiary/aromatic N) is 2. The summed E-state index contributed by atoms with van der Waals surface area (Å²) < 4.78 is 11.4. The second-order valence-corrected chi connectivity index (χ2v) is 8.02. The fraction of sp³-hybridized carbons (Fsp3) is 0.200. The van der Waals surface area contributed by atoms with E-state index in [4.69, 9.17) is 9.15 Å². The number of aryl methyl sites for hydroxylation is 1. The van der Waals surface area contributed by atoms with Gasteiger partial charge in [0.15, 0.2) is 12.2 Å². The molecule has 33 heavy (non-hydrogen) atoms. The van der Waals surface area contributed by atoms with Gasteiger partial charge in [-0.2, -0.15) is 0 Å². The van der Waals surface area contributed by atoms with Gasteiger partial charge in [0.2, 0.25) is 5.89 Å². The van der Waals surface area contributed by atoms with Crippen LogP contribution >= 0.6 is 0 Å². The third-order valence-electron chi connectivity index (χ3n) is 5.25. The number of nitrogens with one attached hydrogen (secondary N) is 1. The first-order valence-electron chi connectivity index (χ1n) is 10.5. The number of carbonyl (C=O) groups excluding carboxylic acids is 1. The standard InChI is InChI=1S/C25H23N3O5/c1-15(2)17-6-11-23-22(12-17)27-25(33-23)18-5-4-16(3)21(13-18)26-24(29)14-32-20-9-7-19(8-10-20)28(30)31/h4-13,15H,14H2,1-3H3,(H,26,29). The molecular weight excluding hydrogens is 422 g/mol. The average Bonchev–Trinajstić information content (AvgIpc) is 3.23. The Hall–Kier alpha value is -4.20. The minimum atomic E-state index is -0.494. The molecule has 0 saturated heterocycles. The molecule has 0 aliphatic rings. The van der Waals surface area contributed by atoms with Gasteiger partial charge in [-0.15, -0.1) is 0 Å². The predicted molar refractivity (Wildman–Crippen MR) is 125 cm³/mol. The van der Waals surface area contributed by atoms with Gasteiger partial charge < -0.3 is 14.5 Å². The summed E-state index contributed by atoms with van der Waals surface area (Å²) in [6, 6.07) is 17.1. The molecule has 0 aliphatic heterocycles. The van der Waals surface area contributed by atoms with Crippen LogP contribution in [-0.2, 0) is 4.79 Å². The van der Waals surface area contributed by atoms with Gasteiger partial charge in [-0.1, -0.05) is 26.0 Å². The van der Waals surface area contributed by atoms with E-state index in [-0.39, 0.29) is 18.2 Å². The number of anilines is 1. The summed E-state index contributed by atoms with van der Waals surface area (Å²) in [5.41, 5.74) is 4.88. The van der Waals surface area contributed by atoms with Crippen LogP contribution in [0.5, 0.6) is 5.75 Å². The predicted octanol–water partition coefficient (Wildman–Crippen LogP) is 5.85. The van der Waals surface area contributed by atoms with Crippen LogP contribution < -0.4 is 10.1 Å². The minimum Gasteiger partial charge on any atom is -0.484 e. The molecule has 0 aliphatic carbocycles. The topological polar surface area (TPSA) is 108 Å². The van der Waals surface area contributed by atoms with Gasteiger partial charge >= 0.3 is 0 Å². The summed E-state index contributed by atoms with van der Waals surface area (Å²) in [5.74, 6) is 0.883. The fourth-order valence-corrected chi connectivity index (χ4v) is 3.32. The molecule has 0 bridgehead atoms. The molecule has 0 fully saturated rings. The van der Waals surface area contributed by atoms with Crippen molar-refractivity contribution in [3.8, 4) is 17.2 Å². The van der Waals surface area contributed by atoms with E-state index in [0.717, 1.165) is 16.6 Å². The maximum Gasteiger partial charge on any atom is 0.269 e. The summed E-state index contributed by atoms with van der Waals surface area (Å²) >= 11 is 0. The number of non-ortho nitro benzene ring substituents is 1. The van der Waals surface area contributed by atoms with Crippen LogP contribution in [-0.4, -0.2) is 22.4 Å².